The highest BCUT2D eigenvalue weighted by atomic mass is 16.5. The molecular weight excluding hydrogens is 306 g/mol. The van der Waals surface area contributed by atoms with E-state index >= 15 is 0 Å². The number of rotatable bonds is 6. The number of nitrogens with one attached hydrogen (secondary N) is 1. The summed E-state index contributed by atoms with van der Waals surface area (Å²) in [7, 11) is 0. The number of ether oxygens (including phenoxy) is 2. The van der Waals surface area contributed by atoms with Gasteiger partial charge in [0.2, 0.25) is 0 Å². The summed E-state index contributed by atoms with van der Waals surface area (Å²) in [6.07, 6.45) is 3.67. The Labute approximate surface area is 143 Å². The summed E-state index contributed by atoms with van der Waals surface area (Å²) in [6, 6.07) is 6.89. The van der Waals surface area contributed by atoms with Crippen molar-refractivity contribution in [1.29, 1.82) is 0 Å². The highest BCUT2D eigenvalue weighted by molar-refractivity contribution is 5.92. The van der Waals surface area contributed by atoms with Gasteiger partial charge in [-0.1, -0.05) is 19.8 Å². The molecule has 0 bridgehead atoms. The second-order valence-electron chi connectivity index (χ2n) is 6.38. The molecule has 0 unspecified atom stereocenters. The molecule has 1 N–H and O–H groups in total. The van der Waals surface area contributed by atoms with Gasteiger partial charge in [0.05, 0.1) is 12.2 Å². The number of hydrogen-bond acceptors (Lipinski definition) is 4. The first-order valence-corrected chi connectivity index (χ1v) is 8.75. The zero-order valence-electron chi connectivity index (χ0n) is 14.7. The van der Waals surface area contributed by atoms with Gasteiger partial charge in [0, 0.05) is 6.04 Å². The van der Waals surface area contributed by atoms with E-state index in [0.29, 0.717) is 23.8 Å². The van der Waals surface area contributed by atoms with Crippen LogP contribution in [0.3, 0.4) is 0 Å². The van der Waals surface area contributed by atoms with Crippen molar-refractivity contribution < 1.29 is 19.1 Å². The Hall–Kier alpha value is -2.04. The molecule has 0 radical (unpaired) electrons. The van der Waals surface area contributed by atoms with Crippen molar-refractivity contribution in [3.63, 3.8) is 0 Å². The Morgan fingerprint density at radius 2 is 1.88 bits per heavy atom. The molecule has 2 rings (SSSR count). The van der Waals surface area contributed by atoms with Gasteiger partial charge in [-0.2, -0.15) is 0 Å². The van der Waals surface area contributed by atoms with E-state index in [4.69, 9.17) is 9.47 Å². The molecule has 3 atom stereocenters. The highest BCUT2D eigenvalue weighted by Crippen LogP contribution is 2.23. The minimum absolute atomic E-state index is 0.179. The summed E-state index contributed by atoms with van der Waals surface area (Å²) in [6.45, 7) is 6.23. The fraction of sp³-hybridized carbons (Fsp3) is 0.579. The van der Waals surface area contributed by atoms with Crippen molar-refractivity contribution in [2.75, 3.05) is 6.61 Å². The van der Waals surface area contributed by atoms with Gasteiger partial charge in [-0.15, -0.1) is 0 Å². The Morgan fingerprint density at radius 3 is 2.50 bits per heavy atom. The molecule has 0 spiro atoms. The van der Waals surface area contributed by atoms with E-state index in [-0.39, 0.29) is 11.9 Å². The first-order valence-electron chi connectivity index (χ1n) is 8.75. The summed E-state index contributed by atoms with van der Waals surface area (Å²) in [5.41, 5.74) is 0.407. The molecule has 1 aromatic carbocycles. The Balaban J connectivity index is 1.86. The molecule has 1 aliphatic rings. The van der Waals surface area contributed by atoms with Gasteiger partial charge in [-0.3, -0.25) is 4.79 Å². The maximum atomic E-state index is 12.3. The molecule has 0 saturated heterocycles. The van der Waals surface area contributed by atoms with Crippen LogP contribution in [-0.2, 0) is 9.53 Å². The molecule has 1 aliphatic carbocycles. The summed E-state index contributed by atoms with van der Waals surface area (Å²) in [5.74, 6) is 0.438. The van der Waals surface area contributed by atoms with Gasteiger partial charge >= 0.3 is 5.97 Å². The van der Waals surface area contributed by atoms with Crippen molar-refractivity contribution in [2.24, 2.45) is 5.92 Å². The summed E-state index contributed by atoms with van der Waals surface area (Å²) in [5, 5.41) is 3.01. The minimum atomic E-state index is -0.807. The summed E-state index contributed by atoms with van der Waals surface area (Å²) < 4.78 is 10.6. The van der Waals surface area contributed by atoms with Crippen LogP contribution in [0.5, 0.6) is 5.75 Å². The molecule has 0 aromatic heterocycles. The number of carbonyl (C=O) groups excluding carboxylic acids is 2. The molecule has 5 heteroatoms. The zero-order chi connectivity index (χ0) is 17.5. The molecule has 5 nitrogen and oxygen atoms in total. The third-order valence-corrected chi connectivity index (χ3v) is 4.49. The van der Waals surface area contributed by atoms with Crippen molar-refractivity contribution in [2.45, 2.75) is 58.6 Å². The average Bonchev–Trinajstić information content (AvgIpc) is 2.57. The van der Waals surface area contributed by atoms with Crippen molar-refractivity contribution >= 4 is 11.9 Å². The first-order chi connectivity index (χ1) is 11.5. The molecule has 1 aromatic rings. The standard InChI is InChI=1S/C19H27NO4/c1-4-23-16-11-9-15(10-12-16)19(22)24-14(3)18(21)20-17-8-6-5-7-13(17)2/h9-14,17H,4-8H2,1-3H3,(H,20,21)/t13-,14+,17-/m0/s1. The van der Waals surface area contributed by atoms with E-state index in [1.54, 1.807) is 31.2 Å². The minimum Gasteiger partial charge on any atom is -0.494 e. The number of amides is 1. The van der Waals surface area contributed by atoms with E-state index in [9.17, 15) is 9.59 Å². The molecule has 0 aliphatic heterocycles. The van der Waals surface area contributed by atoms with Crippen LogP contribution in [0.4, 0.5) is 0 Å². The van der Waals surface area contributed by atoms with E-state index in [0.717, 1.165) is 19.3 Å². The average molecular weight is 333 g/mol. The van der Waals surface area contributed by atoms with Crippen LogP contribution >= 0.6 is 0 Å². The smallest absolute Gasteiger partial charge is 0.338 e. The zero-order valence-corrected chi connectivity index (χ0v) is 14.7. The van der Waals surface area contributed by atoms with Crippen LogP contribution < -0.4 is 10.1 Å². The predicted octanol–water partition coefficient (Wildman–Crippen LogP) is 3.33. The monoisotopic (exact) mass is 333 g/mol. The van der Waals surface area contributed by atoms with E-state index in [2.05, 4.69) is 12.2 Å². The van der Waals surface area contributed by atoms with Gasteiger partial charge in [-0.05, 0) is 56.9 Å². The van der Waals surface area contributed by atoms with Crippen LogP contribution in [-0.4, -0.2) is 30.6 Å². The van der Waals surface area contributed by atoms with Gasteiger partial charge < -0.3 is 14.8 Å². The highest BCUT2D eigenvalue weighted by Gasteiger charge is 2.26. The first kappa shape index (κ1) is 18.3. The van der Waals surface area contributed by atoms with E-state index < -0.39 is 12.1 Å². The normalized spacial score (nSPS) is 21.6. The Kier molecular flexibility index (Phi) is 6.64. The van der Waals surface area contributed by atoms with Gasteiger partial charge in [-0.25, -0.2) is 4.79 Å². The molecule has 1 amide bonds. The number of carbonyl (C=O) groups is 2. The van der Waals surface area contributed by atoms with Crippen LogP contribution in [0.25, 0.3) is 0 Å². The molecule has 24 heavy (non-hydrogen) atoms. The lowest BCUT2D eigenvalue weighted by molar-refractivity contribution is -0.130. The van der Waals surface area contributed by atoms with Crippen molar-refractivity contribution in [3.8, 4) is 5.75 Å². The second kappa shape index (κ2) is 8.71. The van der Waals surface area contributed by atoms with Crippen LogP contribution in [0.2, 0.25) is 0 Å². The van der Waals surface area contributed by atoms with Crippen molar-refractivity contribution in [1.82, 2.24) is 5.32 Å². The van der Waals surface area contributed by atoms with Gasteiger partial charge in [0.15, 0.2) is 6.10 Å². The quantitative estimate of drug-likeness (QED) is 0.811. The molecular formula is C19H27NO4. The topological polar surface area (TPSA) is 64.6 Å². The molecule has 1 saturated carbocycles. The lowest BCUT2D eigenvalue weighted by Gasteiger charge is -2.30. The number of benzene rings is 1. The van der Waals surface area contributed by atoms with Crippen LogP contribution in [0.1, 0.15) is 56.8 Å². The maximum Gasteiger partial charge on any atom is 0.338 e. The number of hydrogen-bond donors (Lipinski definition) is 1. The fourth-order valence-electron chi connectivity index (χ4n) is 2.97. The summed E-state index contributed by atoms with van der Waals surface area (Å²) in [4.78, 5) is 24.4. The largest absolute Gasteiger partial charge is 0.494 e. The summed E-state index contributed by atoms with van der Waals surface area (Å²) >= 11 is 0. The second-order valence-corrected chi connectivity index (χ2v) is 6.38. The van der Waals surface area contributed by atoms with E-state index in [1.165, 1.54) is 6.42 Å². The van der Waals surface area contributed by atoms with Crippen LogP contribution in [0, 0.1) is 5.92 Å². The fourth-order valence-corrected chi connectivity index (χ4v) is 2.97. The predicted molar refractivity (Wildman–Crippen MR) is 92.1 cm³/mol. The van der Waals surface area contributed by atoms with Crippen molar-refractivity contribution in [3.05, 3.63) is 29.8 Å². The lowest BCUT2D eigenvalue weighted by atomic mass is 9.86. The molecule has 0 heterocycles. The third-order valence-electron chi connectivity index (χ3n) is 4.49. The van der Waals surface area contributed by atoms with Gasteiger partial charge in [0.25, 0.3) is 5.91 Å². The molecule has 1 fully saturated rings. The Morgan fingerprint density at radius 1 is 1.21 bits per heavy atom. The lowest BCUT2D eigenvalue weighted by Crippen LogP contribution is -2.45. The molecule has 132 valence electrons. The third kappa shape index (κ3) is 4.98. The SMILES string of the molecule is CCOc1ccc(C(=O)O[C@H](C)C(=O)N[C@H]2CCCC[C@@H]2C)cc1. The maximum absolute atomic E-state index is 12.3. The number of esters is 1. The van der Waals surface area contributed by atoms with E-state index in [1.807, 2.05) is 6.92 Å². The van der Waals surface area contributed by atoms with Crippen LogP contribution in [0.15, 0.2) is 24.3 Å². The van der Waals surface area contributed by atoms with Gasteiger partial charge in [0.1, 0.15) is 5.75 Å². The Bertz CT molecular complexity index is 555.